The zero-order chi connectivity index (χ0) is 28.9. The maximum absolute atomic E-state index is 12.5. The van der Waals surface area contributed by atoms with E-state index in [1.54, 1.807) is 0 Å². The molecule has 14 N–H and O–H groups in total. The number of hydrogen-bond acceptors (Lipinski definition) is 14. The van der Waals surface area contributed by atoms with Gasteiger partial charge < -0.3 is 72.7 Å². The van der Waals surface area contributed by atoms with Crippen LogP contribution >= 0.6 is 0 Å². The van der Waals surface area contributed by atoms with Crippen molar-refractivity contribution in [3.8, 4) is 0 Å². The fourth-order valence-corrected chi connectivity index (χ4v) is 5.34. The summed E-state index contributed by atoms with van der Waals surface area (Å²) < 4.78 is 23.3. The van der Waals surface area contributed by atoms with Crippen LogP contribution < -0.4 is 28.3 Å². The van der Waals surface area contributed by atoms with Crippen molar-refractivity contribution in [2.24, 2.45) is 22.9 Å². The summed E-state index contributed by atoms with van der Waals surface area (Å²) in [6.07, 6.45) is -8.61. The van der Waals surface area contributed by atoms with E-state index in [1.807, 2.05) is 6.92 Å². The molecule has 14 unspecified atom stereocenters. The van der Waals surface area contributed by atoms with Gasteiger partial charge in [0.15, 0.2) is 12.6 Å². The lowest BCUT2D eigenvalue weighted by Gasteiger charge is -2.48. The number of nitrogens with two attached hydrogens (primary N) is 4. The fourth-order valence-electron chi connectivity index (χ4n) is 5.34. The van der Waals surface area contributed by atoms with E-state index in [2.05, 4.69) is 5.32 Å². The maximum Gasteiger partial charge on any atom is 0.220 e. The highest BCUT2D eigenvalue weighted by Crippen LogP contribution is 2.31. The number of unbranched alkanes of at least 4 members (excludes halogenated alkanes) is 2. The Kier molecular flexibility index (Phi) is 12.3. The Labute approximate surface area is 228 Å². The molecule has 39 heavy (non-hydrogen) atoms. The number of carbonyl (C=O) groups excluding carboxylic acids is 1. The van der Waals surface area contributed by atoms with Crippen LogP contribution in [0, 0.1) is 0 Å². The Hall–Kier alpha value is -1.05. The van der Waals surface area contributed by atoms with E-state index in [0.717, 1.165) is 12.8 Å². The number of ether oxygens (including phenoxy) is 4. The lowest BCUT2D eigenvalue weighted by atomic mass is 9.84. The van der Waals surface area contributed by atoms with Gasteiger partial charge in [0.2, 0.25) is 5.91 Å². The van der Waals surface area contributed by atoms with Crippen molar-refractivity contribution in [1.29, 1.82) is 0 Å². The van der Waals surface area contributed by atoms with Crippen LogP contribution in [0.5, 0.6) is 0 Å². The molecule has 0 aromatic rings. The third kappa shape index (κ3) is 7.82. The van der Waals surface area contributed by atoms with Crippen molar-refractivity contribution in [2.45, 2.75) is 131 Å². The highest BCUT2D eigenvalue weighted by Gasteiger charge is 2.50. The summed E-state index contributed by atoms with van der Waals surface area (Å²) in [7, 11) is 0. The van der Waals surface area contributed by atoms with Gasteiger partial charge in [-0.15, -0.1) is 0 Å². The first-order chi connectivity index (χ1) is 18.5. The molecule has 1 aliphatic carbocycles. The Morgan fingerprint density at radius 3 is 2.10 bits per heavy atom. The summed E-state index contributed by atoms with van der Waals surface area (Å²) in [4.78, 5) is 12.5. The lowest BCUT2D eigenvalue weighted by molar-refractivity contribution is -0.315. The van der Waals surface area contributed by atoms with Crippen LogP contribution in [0.1, 0.15) is 45.4 Å². The molecular formula is C24H47N5O10. The summed E-state index contributed by atoms with van der Waals surface area (Å²) in [5.41, 5.74) is 24.2. The molecule has 2 saturated heterocycles. The normalized spacial score (nSPS) is 45.2. The molecule has 3 rings (SSSR count). The van der Waals surface area contributed by atoms with Gasteiger partial charge in [-0.05, 0) is 12.8 Å². The first-order valence-electron chi connectivity index (χ1n) is 13.7. The number of carbonyl (C=O) groups is 1. The van der Waals surface area contributed by atoms with Crippen molar-refractivity contribution in [3.63, 3.8) is 0 Å². The molecule has 1 saturated carbocycles. The topological polar surface area (TPSA) is 271 Å². The Bertz CT molecular complexity index is 769. The van der Waals surface area contributed by atoms with Gasteiger partial charge in [0, 0.05) is 31.5 Å². The van der Waals surface area contributed by atoms with E-state index in [4.69, 9.17) is 41.9 Å². The number of nitrogens with one attached hydrogen (secondary N) is 1. The molecule has 14 atom stereocenters. The number of hydrogen-bond donors (Lipinski definition) is 10. The molecule has 15 nitrogen and oxygen atoms in total. The monoisotopic (exact) mass is 565 g/mol. The summed E-state index contributed by atoms with van der Waals surface area (Å²) in [6, 6.07) is -3.46. The molecule has 0 spiro atoms. The zero-order valence-electron chi connectivity index (χ0n) is 22.3. The summed E-state index contributed by atoms with van der Waals surface area (Å²) >= 11 is 0. The van der Waals surface area contributed by atoms with Gasteiger partial charge in [-0.1, -0.05) is 19.8 Å². The van der Waals surface area contributed by atoms with Crippen LogP contribution in [0.3, 0.4) is 0 Å². The largest absolute Gasteiger partial charge is 0.394 e. The molecule has 3 aliphatic rings. The van der Waals surface area contributed by atoms with Crippen molar-refractivity contribution in [1.82, 2.24) is 5.32 Å². The van der Waals surface area contributed by atoms with Crippen LogP contribution in [0.2, 0.25) is 0 Å². The van der Waals surface area contributed by atoms with Gasteiger partial charge in [0.25, 0.3) is 0 Å². The van der Waals surface area contributed by atoms with Gasteiger partial charge in [0.1, 0.15) is 36.6 Å². The molecule has 3 fully saturated rings. The average molecular weight is 566 g/mol. The lowest BCUT2D eigenvalue weighted by Crippen LogP contribution is -2.68. The second-order valence-corrected chi connectivity index (χ2v) is 10.8. The minimum Gasteiger partial charge on any atom is -0.394 e. The third-order valence-corrected chi connectivity index (χ3v) is 7.73. The molecule has 0 aromatic carbocycles. The van der Waals surface area contributed by atoms with Gasteiger partial charge in [-0.3, -0.25) is 4.79 Å². The van der Waals surface area contributed by atoms with E-state index in [1.165, 1.54) is 0 Å². The van der Waals surface area contributed by atoms with E-state index >= 15 is 0 Å². The minimum absolute atomic E-state index is 0.00309. The first-order valence-corrected chi connectivity index (χ1v) is 13.7. The standard InChI is InChI=1S/C24H47N5O10/c1-2-3-4-5-16(32)29-12-7-13(31)14(8-25)36-23(12)38-21-10(26)6-11(27)22(20(21)35)39-24-19(34)17(28)18(33)15(9-30)37-24/h10-15,17-24,30-31,33-35H,2-9,25-28H2,1H3,(H,29,32). The molecule has 1 amide bonds. The van der Waals surface area contributed by atoms with E-state index in [-0.39, 0.29) is 25.3 Å². The summed E-state index contributed by atoms with van der Waals surface area (Å²) in [5, 5.41) is 54.6. The molecule has 228 valence electrons. The highest BCUT2D eigenvalue weighted by atomic mass is 16.7. The Balaban J connectivity index is 1.73. The van der Waals surface area contributed by atoms with Gasteiger partial charge in [0.05, 0.1) is 30.9 Å². The van der Waals surface area contributed by atoms with E-state index in [9.17, 15) is 30.3 Å². The zero-order valence-corrected chi connectivity index (χ0v) is 22.3. The molecule has 0 radical (unpaired) electrons. The number of rotatable bonds is 11. The summed E-state index contributed by atoms with van der Waals surface area (Å²) in [5.74, 6) is -0.221. The van der Waals surface area contributed by atoms with Crippen molar-refractivity contribution < 1.29 is 49.3 Å². The van der Waals surface area contributed by atoms with Crippen LogP contribution in [-0.2, 0) is 23.7 Å². The van der Waals surface area contributed by atoms with E-state index < -0.39 is 92.2 Å². The van der Waals surface area contributed by atoms with Crippen LogP contribution in [-0.4, -0.2) is 130 Å². The molecule has 0 bridgehead atoms. The number of aliphatic hydroxyl groups is 5. The third-order valence-electron chi connectivity index (χ3n) is 7.73. The average Bonchev–Trinajstić information content (AvgIpc) is 2.90. The predicted octanol–water partition coefficient (Wildman–Crippen LogP) is -4.56. The van der Waals surface area contributed by atoms with Crippen molar-refractivity contribution in [3.05, 3.63) is 0 Å². The number of amides is 1. The molecular weight excluding hydrogens is 518 g/mol. The Morgan fingerprint density at radius 2 is 1.51 bits per heavy atom. The second-order valence-electron chi connectivity index (χ2n) is 10.8. The Morgan fingerprint density at radius 1 is 0.897 bits per heavy atom. The van der Waals surface area contributed by atoms with Gasteiger partial charge in [-0.25, -0.2) is 0 Å². The minimum atomic E-state index is -1.47. The smallest absolute Gasteiger partial charge is 0.220 e. The van der Waals surface area contributed by atoms with Crippen LogP contribution in [0.25, 0.3) is 0 Å². The van der Waals surface area contributed by atoms with Crippen molar-refractivity contribution >= 4 is 5.91 Å². The quantitative estimate of drug-likeness (QED) is 0.106. The SMILES string of the molecule is CCCCCC(=O)NC1CC(O)C(CN)OC1OC1C(N)CC(N)C(OC2OC(CO)C(O)C(N)C2O)C1O. The maximum atomic E-state index is 12.5. The van der Waals surface area contributed by atoms with E-state index in [0.29, 0.717) is 12.8 Å². The fraction of sp³-hybridized carbons (Fsp3) is 0.958. The summed E-state index contributed by atoms with van der Waals surface area (Å²) in [6.45, 7) is 1.46. The van der Waals surface area contributed by atoms with Crippen LogP contribution in [0.15, 0.2) is 0 Å². The van der Waals surface area contributed by atoms with Gasteiger partial charge >= 0.3 is 0 Å². The molecule has 2 heterocycles. The van der Waals surface area contributed by atoms with Gasteiger partial charge in [-0.2, -0.15) is 0 Å². The second kappa shape index (κ2) is 14.7. The molecule has 2 aliphatic heterocycles. The highest BCUT2D eigenvalue weighted by molar-refractivity contribution is 5.76. The van der Waals surface area contributed by atoms with Crippen molar-refractivity contribution in [2.75, 3.05) is 13.2 Å². The first kappa shape index (κ1) is 32.5. The van der Waals surface area contributed by atoms with Crippen LogP contribution in [0.4, 0.5) is 0 Å². The molecule has 0 aromatic heterocycles. The predicted molar refractivity (Wildman–Crippen MR) is 136 cm³/mol. The molecule has 15 heteroatoms. The number of aliphatic hydroxyl groups excluding tert-OH is 5.